The van der Waals surface area contributed by atoms with Gasteiger partial charge in [0.1, 0.15) is 6.04 Å². The zero-order valence-corrected chi connectivity index (χ0v) is 10.5. The van der Waals surface area contributed by atoms with Crippen LogP contribution in [-0.4, -0.2) is 41.1 Å². The van der Waals surface area contributed by atoms with Crippen LogP contribution in [0, 0.1) is 0 Å². The summed E-state index contributed by atoms with van der Waals surface area (Å²) in [5.74, 6) is -2.53. The van der Waals surface area contributed by atoms with E-state index in [0.29, 0.717) is 0 Å². The van der Waals surface area contributed by atoms with Crippen LogP contribution in [-0.2, 0) is 25.5 Å². The van der Waals surface area contributed by atoms with Gasteiger partial charge in [-0.3, -0.25) is 9.59 Å². The van der Waals surface area contributed by atoms with Crippen molar-refractivity contribution in [3.63, 3.8) is 0 Å². The summed E-state index contributed by atoms with van der Waals surface area (Å²) < 4.78 is 4.71. The summed E-state index contributed by atoms with van der Waals surface area (Å²) in [5.41, 5.74) is 6.07. The van der Waals surface area contributed by atoms with Gasteiger partial charge in [-0.05, 0) is 5.56 Å². The number of carboxylic acids is 1. The van der Waals surface area contributed by atoms with Gasteiger partial charge in [-0.1, -0.05) is 30.3 Å². The molecule has 7 heteroatoms. The molecule has 1 aliphatic heterocycles. The number of ether oxygens (including phenoxy) is 1. The zero-order chi connectivity index (χ0) is 14.7. The van der Waals surface area contributed by atoms with E-state index < -0.39 is 36.0 Å². The number of amides is 2. The highest BCUT2D eigenvalue weighted by Gasteiger charge is 2.51. The van der Waals surface area contributed by atoms with Gasteiger partial charge in [0.2, 0.25) is 5.91 Å². The Labute approximate surface area is 114 Å². The largest absolute Gasteiger partial charge is 0.479 e. The second-order valence-corrected chi connectivity index (χ2v) is 4.47. The highest BCUT2D eigenvalue weighted by molar-refractivity contribution is 5.94. The zero-order valence-electron chi connectivity index (χ0n) is 10.5. The Balaban J connectivity index is 1.95. The van der Waals surface area contributed by atoms with Gasteiger partial charge < -0.3 is 20.9 Å². The van der Waals surface area contributed by atoms with Crippen molar-refractivity contribution in [3.05, 3.63) is 35.9 Å². The average molecular weight is 278 g/mol. The van der Waals surface area contributed by atoms with Crippen molar-refractivity contribution in [1.82, 2.24) is 5.32 Å². The molecule has 0 radical (unpaired) electrons. The lowest BCUT2D eigenvalue weighted by Crippen LogP contribution is -2.47. The Morgan fingerprint density at radius 3 is 2.40 bits per heavy atom. The van der Waals surface area contributed by atoms with Crippen LogP contribution in [0.5, 0.6) is 0 Å². The summed E-state index contributed by atoms with van der Waals surface area (Å²) in [6, 6.07) is 8.14. The number of carbonyl (C=O) groups is 3. The van der Waals surface area contributed by atoms with Crippen LogP contribution in [0.4, 0.5) is 0 Å². The number of benzene rings is 1. The molecule has 1 aromatic rings. The maximum absolute atomic E-state index is 11.7. The molecule has 1 fully saturated rings. The van der Waals surface area contributed by atoms with E-state index in [1.165, 1.54) is 0 Å². The van der Waals surface area contributed by atoms with Crippen molar-refractivity contribution in [2.75, 3.05) is 0 Å². The summed E-state index contributed by atoms with van der Waals surface area (Å²) in [4.78, 5) is 33.7. The van der Waals surface area contributed by atoms with Crippen LogP contribution in [0.25, 0.3) is 0 Å². The molecule has 2 rings (SSSR count). The first-order valence-corrected chi connectivity index (χ1v) is 6.01. The molecule has 0 saturated carbocycles. The topological polar surface area (TPSA) is 122 Å². The van der Waals surface area contributed by atoms with Gasteiger partial charge in [0.15, 0.2) is 12.2 Å². The summed E-state index contributed by atoms with van der Waals surface area (Å²) in [6.45, 7) is 0. The molecule has 0 aliphatic carbocycles. The van der Waals surface area contributed by atoms with E-state index >= 15 is 0 Å². The fourth-order valence-corrected chi connectivity index (χ4v) is 1.83. The number of epoxide rings is 1. The van der Waals surface area contributed by atoms with Gasteiger partial charge in [-0.2, -0.15) is 0 Å². The number of nitrogens with one attached hydrogen (secondary N) is 1. The first-order chi connectivity index (χ1) is 9.49. The van der Waals surface area contributed by atoms with E-state index in [4.69, 9.17) is 15.6 Å². The van der Waals surface area contributed by atoms with E-state index in [1.807, 2.05) is 6.07 Å². The average Bonchev–Trinajstić information content (AvgIpc) is 3.19. The number of aliphatic carboxylic acids is 1. The highest BCUT2D eigenvalue weighted by atomic mass is 16.6. The van der Waals surface area contributed by atoms with Crippen molar-refractivity contribution in [1.29, 1.82) is 0 Å². The van der Waals surface area contributed by atoms with E-state index in [2.05, 4.69) is 5.32 Å². The fraction of sp³-hybridized carbons (Fsp3) is 0.308. The van der Waals surface area contributed by atoms with Crippen LogP contribution in [0.1, 0.15) is 5.56 Å². The van der Waals surface area contributed by atoms with Gasteiger partial charge in [-0.15, -0.1) is 0 Å². The first-order valence-electron chi connectivity index (χ1n) is 6.01. The number of primary amides is 1. The Morgan fingerprint density at radius 2 is 1.90 bits per heavy atom. The van der Waals surface area contributed by atoms with Crippen LogP contribution in [0.3, 0.4) is 0 Å². The third-order valence-corrected chi connectivity index (χ3v) is 2.94. The Bertz CT molecular complexity index is 531. The minimum Gasteiger partial charge on any atom is -0.479 e. The molecule has 2 amide bonds. The number of carboxylic acid groups (broad SMARTS) is 1. The number of hydrogen-bond acceptors (Lipinski definition) is 4. The molecular formula is C13H14N2O5. The predicted molar refractivity (Wildman–Crippen MR) is 67.6 cm³/mol. The van der Waals surface area contributed by atoms with Crippen LogP contribution < -0.4 is 11.1 Å². The SMILES string of the molecule is NC(=O)C(Cc1ccccc1)NC(=O)[C@H]1O[C@@H]1C(=O)O. The molecule has 0 aromatic heterocycles. The predicted octanol–water partition coefficient (Wildman–Crippen LogP) is -0.949. The molecule has 4 N–H and O–H groups in total. The van der Waals surface area contributed by atoms with Gasteiger partial charge in [-0.25, -0.2) is 4.79 Å². The van der Waals surface area contributed by atoms with Gasteiger partial charge in [0.05, 0.1) is 0 Å². The molecule has 20 heavy (non-hydrogen) atoms. The molecule has 106 valence electrons. The summed E-state index contributed by atoms with van der Waals surface area (Å²) in [5, 5.41) is 11.1. The second-order valence-electron chi connectivity index (χ2n) is 4.47. The van der Waals surface area contributed by atoms with E-state index in [1.54, 1.807) is 24.3 Å². The van der Waals surface area contributed by atoms with Crippen molar-refractivity contribution < 1.29 is 24.2 Å². The highest BCUT2D eigenvalue weighted by Crippen LogP contribution is 2.22. The Kier molecular flexibility index (Phi) is 3.99. The molecule has 1 aliphatic rings. The maximum atomic E-state index is 11.7. The van der Waals surface area contributed by atoms with E-state index in [9.17, 15) is 14.4 Å². The van der Waals surface area contributed by atoms with Crippen molar-refractivity contribution >= 4 is 17.8 Å². The lowest BCUT2D eigenvalue weighted by Gasteiger charge is -2.14. The third kappa shape index (κ3) is 3.33. The standard InChI is InChI=1S/C13H14N2O5/c14-11(16)8(6-7-4-2-1-3-5-7)15-12(17)9-10(20-9)13(18)19/h1-5,8-10H,6H2,(H2,14,16)(H,15,17)(H,18,19)/t8?,9-,10-/m0/s1. The van der Waals surface area contributed by atoms with Crippen LogP contribution >= 0.6 is 0 Å². The third-order valence-electron chi connectivity index (χ3n) is 2.94. The van der Waals surface area contributed by atoms with Gasteiger partial charge in [0.25, 0.3) is 5.91 Å². The quantitative estimate of drug-likeness (QED) is 0.579. The second kappa shape index (κ2) is 5.70. The van der Waals surface area contributed by atoms with Crippen LogP contribution in [0.15, 0.2) is 30.3 Å². The van der Waals surface area contributed by atoms with Crippen molar-refractivity contribution in [3.8, 4) is 0 Å². The Morgan fingerprint density at radius 1 is 1.25 bits per heavy atom. The molecule has 1 saturated heterocycles. The molecule has 0 bridgehead atoms. The summed E-state index contributed by atoms with van der Waals surface area (Å²) in [7, 11) is 0. The maximum Gasteiger partial charge on any atom is 0.336 e. The summed E-state index contributed by atoms with van der Waals surface area (Å²) in [6.07, 6.45) is -1.95. The minimum atomic E-state index is -1.20. The first kappa shape index (κ1) is 14.0. The summed E-state index contributed by atoms with van der Waals surface area (Å²) >= 11 is 0. The molecule has 3 atom stereocenters. The number of rotatable bonds is 6. The fourth-order valence-electron chi connectivity index (χ4n) is 1.83. The molecule has 7 nitrogen and oxygen atoms in total. The van der Waals surface area contributed by atoms with Gasteiger partial charge in [0, 0.05) is 6.42 Å². The lowest BCUT2D eigenvalue weighted by atomic mass is 10.1. The molecule has 1 aromatic carbocycles. The lowest BCUT2D eigenvalue weighted by molar-refractivity contribution is -0.138. The Hall–Kier alpha value is -2.41. The van der Waals surface area contributed by atoms with Gasteiger partial charge >= 0.3 is 5.97 Å². The molecule has 1 heterocycles. The molecule has 1 unspecified atom stereocenters. The molecular weight excluding hydrogens is 264 g/mol. The van der Waals surface area contributed by atoms with Crippen molar-refractivity contribution in [2.24, 2.45) is 5.73 Å². The minimum absolute atomic E-state index is 0.242. The number of nitrogens with two attached hydrogens (primary N) is 1. The van der Waals surface area contributed by atoms with Crippen LogP contribution in [0.2, 0.25) is 0 Å². The smallest absolute Gasteiger partial charge is 0.336 e. The number of hydrogen-bond donors (Lipinski definition) is 3. The van der Waals surface area contributed by atoms with E-state index in [-0.39, 0.29) is 6.42 Å². The monoisotopic (exact) mass is 278 g/mol. The normalized spacial score (nSPS) is 21.8. The number of carbonyl (C=O) groups excluding carboxylic acids is 2. The van der Waals surface area contributed by atoms with E-state index in [0.717, 1.165) is 5.56 Å². The molecule has 0 spiro atoms. The van der Waals surface area contributed by atoms with Crippen molar-refractivity contribution in [2.45, 2.75) is 24.7 Å².